The zero-order valence-electron chi connectivity index (χ0n) is 12.0. The van der Waals surface area contributed by atoms with Gasteiger partial charge in [-0.25, -0.2) is 16.8 Å². The lowest BCUT2D eigenvalue weighted by molar-refractivity contribution is 0.274. The fraction of sp³-hybridized carbons (Fsp3) is 0.500. The molecule has 1 saturated heterocycles. The number of piperazine rings is 1. The average molecular weight is 333 g/mol. The first-order valence-electron chi connectivity index (χ1n) is 6.48. The molecule has 9 heteroatoms. The second-order valence-electron chi connectivity index (χ2n) is 4.84. The van der Waals surface area contributed by atoms with Crippen molar-refractivity contribution in [3.8, 4) is 0 Å². The van der Waals surface area contributed by atoms with E-state index in [0.717, 1.165) is 11.9 Å². The number of sulfonamides is 2. The molecule has 0 spiro atoms. The standard InChI is InChI=1S/C12H19N3O4S2/c1-13-11-3-5-12(6-4-11)21(18,19)15-9-7-14(8-10-15)20(2,16)17/h3-6,13H,7-10H2,1-2H3. The molecule has 1 aromatic carbocycles. The Morgan fingerprint density at radius 2 is 1.38 bits per heavy atom. The number of hydrogen-bond donors (Lipinski definition) is 1. The molecule has 118 valence electrons. The summed E-state index contributed by atoms with van der Waals surface area (Å²) in [5.41, 5.74) is 0.829. The lowest BCUT2D eigenvalue weighted by Gasteiger charge is -2.32. The highest BCUT2D eigenvalue weighted by molar-refractivity contribution is 7.89. The fourth-order valence-electron chi connectivity index (χ4n) is 2.18. The van der Waals surface area contributed by atoms with E-state index in [-0.39, 0.29) is 31.1 Å². The summed E-state index contributed by atoms with van der Waals surface area (Å²) in [6.45, 7) is 0.714. The highest BCUT2D eigenvalue weighted by atomic mass is 32.2. The predicted molar refractivity (Wildman–Crippen MR) is 81.2 cm³/mol. The molecule has 1 aliphatic rings. The molecule has 0 aliphatic carbocycles. The number of anilines is 1. The van der Waals surface area contributed by atoms with Gasteiger partial charge in [0.15, 0.2) is 0 Å². The summed E-state index contributed by atoms with van der Waals surface area (Å²) >= 11 is 0. The van der Waals surface area contributed by atoms with Gasteiger partial charge in [-0.05, 0) is 24.3 Å². The molecule has 0 atom stereocenters. The topological polar surface area (TPSA) is 86.8 Å². The van der Waals surface area contributed by atoms with E-state index in [9.17, 15) is 16.8 Å². The Morgan fingerprint density at radius 1 is 0.905 bits per heavy atom. The van der Waals surface area contributed by atoms with Crippen LogP contribution >= 0.6 is 0 Å². The normalized spacial score (nSPS) is 18.6. The van der Waals surface area contributed by atoms with Crippen molar-refractivity contribution in [1.82, 2.24) is 8.61 Å². The van der Waals surface area contributed by atoms with Gasteiger partial charge in [-0.15, -0.1) is 0 Å². The van der Waals surface area contributed by atoms with Crippen molar-refractivity contribution in [3.63, 3.8) is 0 Å². The van der Waals surface area contributed by atoms with Crippen molar-refractivity contribution in [3.05, 3.63) is 24.3 Å². The first-order chi connectivity index (χ1) is 9.75. The summed E-state index contributed by atoms with van der Waals surface area (Å²) in [5.74, 6) is 0. The van der Waals surface area contributed by atoms with Crippen LogP contribution in [-0.2, 0) is 20.0 Å². The van der Waals surface area contributed by atoms with E-state index in [4.69, 9.17) is 0 Å². The summed E-state index contributed by atoms with van der Waals surface area (Å²) in [6.07, 6.45) is 1.13. The van der Waals surface area contributed by atoms with Crippen LogP contribution in [0.3, 0.4) is 0 Å². The molecule has 0 unspecified atom stereocenters. The van der Waals surface area contributed by atoms with E-state index in [2.05, 4.69) is 5.32 Å². The zero-order valence-corrected chi connectivity index (χ0v) is 13.6. The van der Waals surface area contributed by atoms with Crippen LogP contribution in [0.25, 0.3) is 0 Å². The molecular formula is C12H19N3O4S2. The van der Waals surface area contributed by atoms with Crippen LogP contribution in [0.5, 0.6) is 0 Å². The number of hydrogen-bond acceptors (Lipinski definition) is 5. The van der Waals surface area contributed by atoms with Crippen LogP contribution < -0.4 is 5.32 Å². The van der Waals surface area contributed by atoms with Crippen LogP contribution in [0.1, 0.15) is 0 Å². The van der Waals surface area contributed by atoms with Crippen LogP contribution in [-0.4, -0.2) is 64.9 Å². The van der Waals surface area contributed by atoms with Crippen molar-refractivity contribution in [2.45, 2.75) is 4.90 Å². The van der Waals surface area contributed by atoms with Crippen molar-refractivity contribution < 1.29 is 16.8 Å². The molecule has 1 fully saturated rings. The molecule has 0 bridgehead atoms. The molecular weight excluding hydrogens is 314 g/mol. The van der Waals surface area contributed by atoms with Crippen LogP contribution in [0.2, 0.25) is 0 Å². The molecule has 1 N–H and O–H groups in total. The van der Waals surface area contributed by atoms with Crippen molar-refractivity contribution >= 4 is 25.7 Å². The summed E-state index contributed by atoms with van der Waals surface area (Å²) in [6, 6.07) is 6.48. The Balaban J connectivity index is 2.14. The third-order valence-corrected chi connectivity index (χ3v) is 6.66. The van der Waals surface area contributed by atoms with Gasteiger partial charge in [-0.2, -0.15) is 8.61 Å². The second-order valence-corrected chi connectivity index (χ2v) is 8.76. The van der Waals surface area contributed by atoms with E-state index in [0.29, 0.717) is 0 Å². The van der Waals surface area contributed by atoms with Crippen molar-refractivity contribution in [2.24, 2.45) is 0 Å². The molecule has 2 rings (SSSR count). The fourth-order valence-corrected chi connectivity index (χ4v) is 4.43. The molecule has 1 aliphatic heterocycles. The largest absolute Gasteiger partial charge is 0.388 e. The number of nitrogens with zero attached hydrogens (tertiary/aromatic N) is 2. The smallest absolute Gasteiger partial charge is 0.243 e. The third-order valence-electron chi connectivity index (χ3n) is 3.45. The van der Waals surface area contributed by atoms with E-state index in [1.807, 2.05) is 0 Å². The van der Waals surface area contributed by atoms with Crippen LogP contribution in [0, 0.1) is 0 Å². The Morgan fingerprint density at radius 3 is 1.81 bits per heavy atom. The van der Waals surface area contributed by atoms with E-state index in [1.165, 1.54) is 8.61 Å². The highest BCUT2D eigenvalue weighted by Gasteiger charge is 2.31. The van der Waals surface area contributed by atoms with Gasteiger partial charge in [0.1, 0.15) is 0 Å². The second kappa shape index (κ2) is 5.91. The van der Waals surface area contributed by atoms with E-state index in [1.54, 1.807) is 31.3 Å². The Bertz CT molecular complexity index is 691. The first-order valence-corrected chi connectivity index (χ1v) is 9.77. The molecule has 1 heterocycles. The van der Waals surface area contributed by atoms with Gasteiger partial charge in [-0.3, -0.25) is 0 Å². The molecule has 0 aromatic heterocycles. The SMILES string of the molecule is CNc1ccc(S(=O)(=O)N2CCN(S(C)(=O)=O)CC2)cc1. The quantitative estimate of drug-likeness (QED) is 0.838. The van der Waals surface area contributed by atoms with Crippen LogP contribution in [0.4, 0.5) is 5.69 Å². The maximum atomic E-state index is 12.5. The molecule has 21 heavy (non-hydrogen) atoms. The Labute approximate surface area is 125 Å². The number of nitrogens with one attached hydrogen (secondary N) is 1. The number of benzene rings is 1. The molecule has 1 aromatic rings. The van der Waals surface area contributed by atoms with Gasteiger partial charge >= 0.3 is 0 Å². The van der Waals surface area contributed by atoms with Gasteiger partial charge < -0.3 is 5.32 Å². The van der Waals surface area contributed by atoms with Crippen LogP contribution in [0.15, 0.2) is 29.2 Å². The van der Waals surface area contributed by atoms with Gasteiger partial charge in [0, 0.05) is 38.9 Å². The van der Waals surface area contributed by atoms with E-state index >= 15 is 0 Å². The molecule has 0 radical (unpaired) electrons. The Hall–Kier alpha value is -1.16. The lowest BCUT2D eigenvalue weighted by atomic mass is 10.3. The Kier molecular flexibility index (Phi) is 4.57. The summed E-state index contributed by atoms with van der Waals surface area (Å²) < 4.78 is 50.4. The van der Waals surface area contributed by atoms with Gasteiger partial charge in [0.05, 0.1) is 11.2 Å². The molecule has 7 nitrogen and oxygen atoms in total. The highest BCUT2D eigenvalue weighted by Crippen LogP contribution is 2.20. The van der Waals surface area contributed by atoms with Gasteiger partial charge in [0.25, 0.3) is 0 Å². The lowest BCUT2D eigenvalue weighted by Crippen LogP contribution is -2.50. The van der Waals surface area contributed by atoms with Gasteiger partial charge in [0.2, 0.25) is 20.0 Å². The molecule has 0 saturated carbocycles. The summed E-state index contributed by atoms with van der Waals surface area (Å²) in [7, 11) is -5.08. The zero-order chi connectivity index (χ0) is 15.7. The third kappa shape index (κ3) is 3.54. The minimum absolute atomic E-state index is 0.170. The number of rotatable bonds is 4. The molecule has 0 amide bonds. The maximum Gasteiger partial charge on any atom is 0.243 e. The average Bonchev–Trinajstić information content (AvgIpc) is 2.46. The van der Waals surface area contributed by atoms with Gasteiger partial charge in [-0.1, -0.05) is 0 Å². The van der Waals surface area contributed by atoms with Crippen molar-refractivity contribution in [2.75, 3.05) is 44.8 Å². The maximum absolute atomic E-state index is 12.5. The summed E-state index contributed by atoms with van der Waals surface area (Å²) in [5, 5.41) is 2.93. The van der Waals surface area contributed by atoms with E-state index < -0.39 is 20.0 Å². The van der Waals surface area contributed by atoms with Crippen molar-refractivity contribution in [1.29, 1.82) is 0 Å². The first kappa shape index (κ1) is 16.2. The summed E-state index contributed by atoms with van der Waals surface area (Å²) in [4.78, 5) is 0.217. The monoisotopic (exact) mass is 333 g/mol. The minimum atomic E-state index is -3.57. The predicted octanol–water partition coefficient (Wildman–Crippen LogP) is -0.00580. The minimum Gasteiger partial charge on any atom is -0.388 e.